The molecule has 12 aromatic rings. The monoisotopic (exact) mass is 768 g/mol. The van der Waals surface area contributed by atoms with Gasteiger partial charge in [-0.05, 0) is 100 Å². The number of rotatable bonds is 7. The summed E-state index contributed by atoms with van der Waals surface area (Å²) in [5.74, 6) is 0. The molecular formula is C56H36N2O2. The Hall–Kier alpha value is -8.08. The Balaban J connectivity index is 0.962. The number of anilines is 3. The van der Waals surface area contributed by atoms with Crippen molar-refractivity contribution < 1.29 is 8.83 Å². The molecule has 0 aliphatic carbocycles. The van der Waals surface area contributed by atoms with E-state index >= 15 is 0 Å². The summed E-state index contributed by atoms with van der Waals surface area (Å²) in [6, 6.07) is 77.2. The molecule has 0 saturated carbocycles. The van der Waals surface area contributed by atoms with Crippen molar-refractivity contribution in [3.05, 3.63) is 218 Å². The number of hydrogen-bond donors (Lipinski definition) is 0. The second kappa shape index (κ2) is 13.8. The third kappa shape index (κ3) is 5.46. The van der Waals surface area contributed by atoms with Crippen LogP contribution in [0.25, 0.3) is 94.0 Å². The average molecular weight is 769 g/mol. The molecule has 3 heterocycles. The zero-order valence-corrected chi connectivity index (χ0v) is 32.5. The molecule has 0 fully saturated rings. The van der Waals surface area contributed by atoms with Crippen LogP contribution in [0, 0.1) is 0 Å². The van der Waals surface area contributed by atoms with Crippen molar-refractivity contribution in [3.8, 4) is 39.1 Å². The lowest BCUT2D eigenvalue weighted by molar-refractivity contribution is 0.645. The second-order valence-corrected chi connectivity index (χ2v) is 15.3. The van der Waals surface area contributed by atoms with Crippen molar-refractivity contribution in [2.75, 3.05) is 4.90 Å². The van der Waals surface area contributed by atoms with Crippen LogP contribution in [-0.2, 0) is 0 Å². The van der Waals surface area contributed by atoms with Crippen LogP contribution in [0.4, 0.5) is 17.1 Å². The van der Waals surface area contributed by atoms with Gasteiger partial charge >= 0.3 is 0 Å². The molecule has 0 saturated heterocycles. The highest BCUT2D eigenvalue weighted by Gasteiger charge is 2.22. The average Bonchev–Trinajstić information content (AvgIpc) is 3.99. The van der Waals surface area contributed by atoms with E-state index in [0.29, 0.717) is 0 Å². The fourth-order valence-corrected chi connectivity index (χ4v) is 9.04. The SMILES string of the molecule is c1ccc(-c2ccccc2-c2ccc(N(c3ccc(-c4ccc5c(c4)oc4c5c5ccccc5n4-c4ccccc4)cc3)c3cccc4c3oc3ccccc34)cc2)cc1. The first-order valence-electron chi connectivity index (χ1n) is 20.3. The highest BCUT2D eigenvalue weighted by atomic mass is 16.3. The molecule has 4 heteroatoms. The number of furan rings is 2. The van der Waals surface area contributed by atoms with Crippen molar-refractivity contribution in [2.24, 2.45) is 0 Å². The van der Waals surface area contributed by atoms with E-state index < -0.39 is 0 Å². The molecule has 0 aliphatic rings. The zero-order chi connectivity index (χ0) is 39.6. The maximum absolute atomic E-state index is 6.75. The topological polar surface area (TPSA) is 34.5 Å². The standard InChI is InChI=1S/C56H36N2O2/c1-3-14-38(15-4-1)44-18-7-8-19-45(44)39-28-33-43(34-29-39)57(51-24-13-22-47-46-20-10-12-25-52(46)59-55(47)51)42-31-26-37(27-32-42)40-30-35-49-53(36-40)60-56-54(49)48-21-9-11-23-50(48)58(56)41-16-5-2-6-17-41/h1-36H. The first-order valence-corrected chi connectivity index (χ1v) is 20.3. The Labute approximate surface area is 346 Å². The van der Waals surface area contributed by atoms with Gasteiger partial charge in [-0.15, -0.1) is 0 Å². The molecule has 0 N–H and O–H groups in total. The molecule has 0 amide bonds. The van der Waals surface area contributed by atoms with E-state index in [2.05, 4.69) is 210 Å². The molecule has 3 aromatic heterocycles. The maximum Gasteiger partial charge on any atom is 0.213 e. The molecule has 0 aliphatic heterocycles. The molecule has 0 bridgehead atoms. The Morgan fingerprint density at radius 2 is 0.950 bits per heavy atom. The van der Waals surface area contributed by atoms with Gasteiger partial charge in [0.15, 0.2) is 5.58 Å². The highest BCUT2D eigenvalue weighted by molar-refractivity contribution is 6.20. The molecule has 4 nitrogen and oxygen atoms in total. The largest absolute Gasteiger partial charge is 0.454 e. The fourth-order valence-electron chi connectivity index (χ4n) is 9.04. The van der Waals surface area contributed by atoms with Crippen molar-refractivity contribution in [2.45, 2.75) is 0 Å². The van der Waals surface area contributed by atoms with Crippen LogP contribution in [-0.4, -0.2) is 4.57 Å². The van der Waals surface area contributed by atoms with Gasteiger partial charge in [0.2, 0.25) is 5.71 Å². The van der Waals surface area contributed by atoms with Crippen LogP contribution in [0.3, 0.4) is 0 Å². The van der Waals surface area contributed by atoms with Gasteiger partial charge < -0.3 is 13.7 Å². The Kier molecular flexibility index (Phi) is 7.82. The number of hydrogen-bond acceptors (Lipinski definition) is 3. The molecule has 0 atom stereocenters. The summed E-state index contributed by atoms with van der Waals surface area (Å²) < 4.78 is 15.6. The Bertz CT molecular complexity index is 3520. The summed E-state index contributed by atoms with van der Waals surface area (Å²) in [6.07, 6.45) is 0. The van der Waals surface area contributed by atoms with E-state index in [1.165, 1.54) is 22.1 Å². The van der Waals surface area contributed by atoms with Crippen LogP contribution in [0.2, 0.25) is 0 Å². The molecule has 0 radical (unpaired) electrons. The van der Waals surface area contributed by atoms with E-state index in [-0.39, 0.29) is 0 Å². The van der Waals surface area contributed by atoms with Gasteiger partial charge in [-0.1, -0.05) is 152 Å². The van der Waals surface area contributed by atoms with Crippen molar-refractivity contribution >= 4 is 72.0 Å². The number of aromatic nitrogens is 1. The minimum atomic E-state index is 0.851. The predicted octanol–water partition coefficient (Wildman–Crippen LogP) is 15.9. The number of fused-ring (bicyclic) bond motifs is 8. The Morgan fingerprint density at radius 1 is 0.367 bits per heavy atom. The van der Waals surface area contributed by atoms with E-state index in [1.807, 2.05) is 18.2 Å². The number of nitrogens with zero attached hydrogens (tertiary/aromatic N) is 2. The van der Waals surface area contributed by atoms with E-state index in [1.54, 1.807) is 0 Å². The van der Waals surface area contributed by atoms with Crippen molar-refractivity contribution in [1.29, 1.82) is 0 Å². The van der Waals surface area contributed by atoms with Gasteiger partial charge in [0.05, 0.1) is 16.6 Å². The molecule has 0 unspecified atom stereocenters. The summed E-state index contributed by atoms with van der Waals surface area (Å²) in [4.78, 5) is 2.30. The molecule has 282 valence electrons. The van der Waals surface area contributed by atoms with Gasteiger partial charge in [0.25, 0.3) is 0 Å². The third-order valence-corrected chi connectivity index (χ3v) is 11.8. The predicted molar refractivity (Wildman–Crippen MR) is 249 cm³/mol. The lowest BCUT2D eigenvalue weighted by Gasteiger charge is -2.26. The quantitative estimate of drug-likeness (QED) is 0.162. The normalized spacial score (nSPS) is 11.7. The van der Waals surface area contributed by atoms with Crippen LogP contribution >= 0.6 is 0 Å². The number of para-hydroxylation sites is 4. The van der Waals surface area contributed by atoms with Gasteiger partial charge in [-0.2, -0.15) is 0 Å². The van der Waals surface area contributed by atoms with Crippen LogP contribution < -0.4 is 4.90 Å². The molecule has 9 aromatic carbocycles. The minimum Gasteiger partial charge on any atom is -0.454 e. The number of benzene rings is 9. The summed E-state index contributed by atoms with van der Waals surface area (Å²) in [7, 11) is 0. The van der Waals surface area contributed by atoms with Gasteiger partial charge in [0.1, 0.15) is 11.2 Å². The van der Waals surface area contributed by atoms with Crippen molar-refractivity contribution in [1.82, 2.24) is 4.57 Å². The van der Waals surface area contributed by atoms with Gasteiger partial charge in [-0.25, -0.2) is 0 Å². The Morgan fingerprint density at radius 3 is 1.70 bits per heavy atom. The third-order valence-electron chi connectivity index (χ3n) is 11.8. The summed E-state index contributed by atoms with van der Waals surface area (Å²) in [6.45, 7) is 0. The summed E-state index contributed by atoms with van der Waals surface area (Å²) >= 11 is 0. The second-order valence-electron chi connectivity index (χ2n) is 15.3. The summed E-state index contributed by atoms with van der Waals surface area (Å²) in [5.41, 5.74) is 15.6. The van der Waals surface area contributed by atoms with Crippen LogP contribution in [0.15, 0.2) is 227 Å². The maximum atomic E-state index is 6.75. The van der Waals surface area contributed by atoms with Crippen molar-refractivity contribution in [3.63, 3.8) is 0 Å². The summed E-state index contributed by atoms with van der Waals surface area (Å²) in [5, 5.41) is 5.62. The van der Waals surface area contributed by atoms with Crippen LogP contribution in [0.1, 0.15) is 0 Å². The first kappa shape index (κ1) is 34.0. The fraction of sp³-hybridized carbons (Fsp3) is 0. The van der Waals surface area contributed by atoms with Gasteiger partial charge in [0, 0.05) is 38.6 Å². The lowest BCUT2D eigenvalue weighted by atomic mass is 9.94. The lowest BCUT2D eigenvalue weighted by Crippen LogP contribution is -2.10. The van der Waals surface area contributed by atoms with E-state index in [0.717, 1.165) is 89.0 Å². The molecular weight excluding hydrogens is 733 g/mol. The first-order chi connectivity index (χ1) is 29.8. The zero-order valence-electron chi connectivity index (χ0n) is 32.5. The van der Waals surface area contributed by atoms with Crippen LogP contribution in [0.5, 0.6) is 0 Å². The smallest absolute Gasteiger partial charge is 0.213 e. The minimum absolute atomic E-state index is 0.851. The van der Waals surface area contributed by atoms with E-state index in [9.17, 15) is 0 Å². The molecule has 12 rings (SSSR count). The molecule has 60 heavy (non-hydrogen) atoms. The molecule has 0 spiro atoms. The van der Waals surface area contributed by atoms with Gasteiger partial charge in [-0.3, -0.25) is 4.57 Å². The van der Waals surface area contributed by atoms with E-state index in [4.69, 9.17) is 8.83 Å². The highest BCUT2D eigenvalue weighted by Crippen LogP contribution is 2.44.